The Morgan fingerprint density at radius 2 is 1.70 bits per heavy atom. The summed E-state index contributed by atoms with van der Waals surface area (Å²) in [4.78, 5) is 43.9. The molecule has 2 atom stereocenters. The summed E-state index contributed by atoms with van der Waals surface area (Å²) in [6, 6.07) is 25.9. The minimum Gasteiger partial charge on any atom is -0.497 e. The molecule has 8 heteroatoms. The third kappa shape index (κ3) is 5.65. The lowest BCUT2D eigenvalue weighted by Gasteiger charge is -2.44. The van der Waals surface area contributed by atoms with Gasteiger partial charge in [0.15, 0.2) is 0 Å². The number of carbonyl (C=O) groups is 2. The third-order valence-electron chi connectivity index (χ3n) is 8.54. The molecule has 2 aliphatic rings. The van der Waals surface area contributed by atoms with Crippen LogP contribution in [0.15, 0.2) is 89.7 Å². The fourth-order valence-corrected chi connectivity index (χ4v) is 6.47. The molecule has 2 amide bonds. The summed E-state index contributed by atoms with van der Waals surface area (Å²) < 4.78 is 7.16. The number of aryl methyl sites for hydroxylation is 1. The van der Waals surface area contributed by atoms with E-state index in [1.165, 1.54) is 0 Å². The maximum Gasteiger partial charge on any atom is 0.258 e. The topological polar surface area (TPSA) is 83.9 Å². The van der Waals surface area contributed by atoms with E-state index >= 15 is 0 Å². The number of nitrogens with one attached hydrogen (secondary N) is 1. The van der Waals surface area contributed by atoms with E-state index < -0.39 is 0 Å². The first-order valence-corrected chi connectivity index (χ1v) is 14.8. The van der Waals surface area contributed by atoms with E-state index in [2.05, 4.69) is 10.2 Å². The molecular weight excluding hydrogens is 540 g/mol. The molecule has 1 fully saturated rings. The average molecular weight is 577 g/mol. The Morgan fingerprint density at radius 1 is 0.930 bits per heavy atom. The van der Waals surface area contributed by atoms with Crippen molar-refractivity contribution in [1.82, 2.24) is 4.57 Å². The monoisotopic (exact) mass is 576 g/mol. The maximum atomic E-state index is 13.8. The summed E-state index contributed by atoms with van der Waals surface area (Å²) in [5.74, 6) is 0.761. The number of pyridine rings is 1. The van der Waals surface area contributed by atoms with Gasteiger partial charge in [0.1, 0.15) is 5.75 Å². The maximum absolute atomic E-state index is 13.8. The predicted molar refractivity (Wildman–Crippen MR) is 170 cm³/mol. The van der Waals surface area contributed by atoms with E-state index in [9.17, 15) is 14.4 Å². The Bertz CT molecular complexity index is 1730. The molecule has 2 bridgehead atoms. The molecule has 1 aromatic heterocycles. The van der Waals surface area contributed by atoms with Crippen molar-refractivity contribution >= 4 is 28.9 Å². The highest BCUT2D eigenvalue weighted by Crippen LogP contribution is 2.39. The molecule has 3 heterocycles. The fraction of sp³-hybridized carbons (Fsp3) is 0.286. The van der Waals surface area contributed by atoms with Gasteiger partial charge in [-0.2, -0.15) is 0 Å². The van der Waals surface area contributed by atoms with Crippen LogP contribution in [0.25, 0.3) is 0 Å². The van der Waals surface area contributed by atoms with Gasteiger partial charge >= 0.3 is 0 Å². The van der Waals surface area contributed by atoms with Crippen molar-refractivity contribution in [3.05, 3.63) is 118 Å². The van der Waals surface area contributed by atoms with Gasteiger partial charge in [-0.3, -0.25) is 14.4 Å². The molecule has 1 saturated heterocycles. The lowest BCUT2D eigenvalue weighted by Crippen LogP contribution is -2.47. The number of aromatic nitrogens is 1. The number of amides is 2. The molecule has 3 aromatic carbocycles. The molecule has 0 spiro atoms. The Morgan fingerprint density at radius 3 is 2.44 bits per heavy atom. The fourth-order valence-electron chi connectivity index (χ4n) is 6.47. The zero-order chi connectivity index (χ0) is 30.1. The third-order valence-corrected chi connectivity index (χ3v) is 8.54. The van der Waals surface area contributed by atoms with Gasteiger partial charge in [0.2, 0.25) is 0 Å². The van der Waals surface area contributed by atoms with Gasteiger partial charge in [-0.25, -0.2) is 0 Å². The molecule has 1 N–H and O–H groups in total. The minimum absolute atomic E-state index is 0.0463. The van der Waals surface area contributed by atoms with Crippen molar-refractivity contribution in [2.45, 2.75) is 32.7 Å². The first kappa shape index (κ1) is 28.3. The quantitative estimate of drug-likeness (QED) is 0.305. The predicted octanol–water partition coefficient (Wildman–Crippen LogP) is 5.71. The first-order chi connectivity index (χ1) is 20.8. The number of nitrogens with zero attached hydrogens (tertiary/aromatic N) is 3. The van der Waals surface area contributed by atoms with Gasteiger partial charge in [-0.05, 0) is 92.4 Å². The van der Waals surface area contributed by atoms with Crippen molar-refractivity contribution in [2.24, 2.45) is 5.92 Å². The van der Waals surface area contributed by atoms with Gasteiger partial charge in [-0.15, -0.1) is 0 Å². The highest BCUT2D eigenvalue weighted by molar-refractivity contribution is 6.10. The van der Waals surface area contributed by atoms with Crippen LogP contribution < -0.4 is 25.4 Å². The zero-order valence-corrected chi connectivity index (χ0v) is 24.7. The number of fused-ring (bicyclic) bond motifs is 4. The molecular formula is C35H36N4O4. The second-order valence-electron chi connectivity index (χ2n) is 11.4. The largest absolute Gasteiger partial charge is 0.497 e. The van der Waals surface area contributed by atoms with Crippen LogP contribution in [0.1, 0.15) is 51.2 Å². The summed E-state index contributed by atoms with van der Waals surface area (Å²) >= 11 is 0. The molecule has 4 aromatic rings. The second-order valence-corrected chi connectivity index (χ2v) is 11.4. The standard InChI is InChI=1S/C35H36N4O4/c1-4-38(28-8-5-7-23(2)17-28)35(42)26-13-16-32(30(19-26)36-34(41)25-11-14-29(43-3)15-12-25)37-20-24-18-27(22-37)31-9-6-10-33(40)39(31)21-24/h5-17,19,24,27H,4,18,20-22H2,1-3H3,(H,36,41). The molecule has 220 valence electrons. The zero-order valence-electron chi connectivity index (χ0n) is 24.7. The SMILES string of the molecule is CCN(C(=O)c1ccc(N2CC3CC(C2)c2cccc(=O)n2C3)c(NC(=O)c2ccc(OC)cc2)c1)c1cccc(C)c1. The van der Waals surface area contributed by atoms with Crippen LogP contribution in [0.5, 0.6) is 5.75 Å². The Kier molecular flexibility index (Phi) is 7.76. The van der Waals surface area contributed by atoms with E-state index in [0.29, 0.717) is 48.1 Å². The van der Waals surface area contributed by atoms with Crippen LogP contribution in [-0.2, 0) is 6.54 Å². The second kappa shape index (κ2) is 11.8. The number of hydrogen-bond donors (Lipinski definition) is 1. The van der Waals surface area contributed by atoms with Crippen molar-refractivity contribution < 1.29 is 14.3 Å². The van der Waals surface area contributed by atoms with Gasteiger partial charge in [0.25, 0.3) is 17.4 Å². The lowest BCUT2D eigenvalue weighted by atomic mass is 9.83. The molecule has 0 aliphatic carbocycles. The number of methoxy groups -OCH3 is 1. The van der Waals surface area contributed by atoms with E-state index in [1.807, 2.05) is 66.9 Å². The van der Waals surface area contributed by atoms with Crippen LogP contribution in [-0.4, -0.2) is 43.1 Å². The summed E-state index contributed by atoms with van der Waals surface area (Å²) in [5.41, 5.74) is 5.43. The Labute approximate surface area is 251 Å². The normalized spacial score (nSPS) is 17.1. The molecule has 8 nitrogen and oxygen atoms in total. The van der Waals surface area contributed by atoms with Crippen LogP contribution in [0.3, 0.4) is 0 Å². The number of rotatable bonds is 7. The lowest BCUT2D eigenvalue weighted by molar-refractivity contribution is 0.0985. The summed E-state index contributed by atoms with van der Waals surface area (Å²) in [5, 5.41) is 3.11. The summed E-state index contributed by atoms with van der Waals surface area (Å²) in [6.45, 7) is 6.60. The number of piperidine rings is 1. The number of anilines is 3. The molecule has 2 unspecified atom stereocenters. The molecule has 6 rings (SSSR count). The number of ether oxygens (including phenoxy) is 1. The number of carbonyl (C=O) groups excluding carboxylic acids is 2. The van der Waals surface area contributed by atoms with Gasteiger partial charge in [0, 0.05) is 60.7 Å². The summed E-state index contributed by atoms with van der Waals surface area (Å²) in [6.07, 6.45) is 1.02. The van der Waals surface area contributed by atoms with E-state index in [1.54, 1.807) is 48.4 Å². The highest BCUT2D eigenvalue weighted by atomic mass is 16.5. The van der Waals surface area contributed by atoms with Gasteiger partial charge in [0.05, 0.1) is 18.5 Å². The van der Waals surface area contributed by atoms with Crippen molar-refractivity contribution in [2.75, 3.05) is 41.9 Å². The van der Waals surface area contributed by atoms with E-state index in [4.69, 9.17) is 4.74 Å². The van der Waals surface area contributed by atoms with Gasteiger partial charge < -0.3 is 24.4 Å². The molecule has 0 saturated carbocycles. The van der Waals surface area contributed by atoms with Crippen LogP contribution in [0, 0.1) is 12.8 Å². The minimum atomic E-state index is -0.270. The average Bonchev–Trinajstić information content (AvgIpc) is 3.02. The molecule has 0 radical (unpaired) electrons. The smallest absolute Gasteiger partial charge is 0.258 e. The highest BCUT2D eigenvalue weighted by Gasteiger charge is 2.35. The number of benzene rings is 3. The number of hydrogen-bond acceptors (Lipinski definition) is 5. The van der Waals surface area contributed by atoms with Crippen LogP contribution in [0.4, 0.5) is 17.1 Å². The first-order valence-electron chi connectivity index (χ1n) is 14.8. The Balaban J connectivity index is 1.35. The summed E-state index contributed by atoms with van der Waals surface area (Å²) in [7, 11) is 1.59. The van der Waals surface area contributed by atoms with Crippen molar-refractivity contribution in [1.29, 1.82) is 0 Å². The van der Waals surface area contributed by atoms with E-state index in [0.717, 1.165) is 35.6 Å². The molecule has 2 aliphatic heterocycles. The molecule has 43 heavy (non-hydrogen) atoms. The van der Waals surface area contributed by atoms with Crippen LogP contribution in [0.2, 0.25) is 0 Å². The van der Waals surface area contributed by atoms with Crippen molar-refractivity contribution in [3.63, 3.8) is 0 Å². The van der Waals surface area contributed by atoms with Crippen LogP contribution >= 0.6 is 0 Å². The Hall–Kier alpha value is -4.85. The van der Waals surface area contributed by atoms with E-state index in [-0.39, 0.29) is 23.3 Å². The van der Waals surface area contributed by atoms with Gasteiger partial charge in [-0.1, -0.05) is 18.2 Å². The van der Waals surface area contributed by atoms with Crippen molar-refractivity contribution in [3.8, 4) is 5.75 Å².